The van der Waals surface area contributed by atoms with E-state index in [2.05, 4.69) is 29.6 Å². The van der Waals surface area contributed by atoms with Crippen LogP contribution in [-0.4, -0.2) is 24.2 Å². The minimum Gasteiger partial charge on any atom is -0.488 e. The SMILES string of the molecule is c1ccc(-c2nc3c(OC4CCNCC4)cccc3s2)cc1. The van der Waals surface area contributed by atoms with Crippen LogP contribution >= 0.6 is 11.3 Å². The maximum absolute atomic E-state index is 6.22. The first-order valence-corrected chi connectivity index (χ1v) is 8.54. The number of rotatable bonds is 3. The monoisotopic (exact) mass is 310 g/mol. The summed E-state index contributed by atoms with van der Waals surface area (Å²) in [5.41, 5.74) is 2.15. The lowest BCUT2D eigenvalue weighted by Crippen LogP contribution is -2.34. The average molecular weight is 310 g/mol. The van der Waals surface area contributed by atoms with Gasteiger partial charge in [-0.3, -0.25) is 0 Å². The molecule has 3 nitrogen and oxygen atoms in total. The Morgan fingerprint density at radius 2 is 1.82 bits per heavy atom. The molecule has 112 valence electrons. The number of nitrogens with one attached hydrogen (secondary N) is 1. The van der Waals surface area contributed by atoms with Crippen LogP contribution in [0.1, 0.15) is 12.8 Å². The summed E-state index contributed by atoms with van der Waals surface area (Å²) < 4.78 is 7.41. The number of thiazole rings is 1. The molecule has 1 aliphatic rings. The van der Waals surface area contributed by atoms with Crippen LogP contribution in [0.15, 0.2) is 48.5 Å². The summed E-state index contributed by atoms with van der Waals surface area (Å²) in [6.07, 6.45) is 2.42. The van der Waals surface area contributed by atoms with E-state index >= 15 is 0 Å². The third-order valence-corrected chi connectivity index (χ3v) is 5.05. The molecule has 1 fully saturated rings. The highest BCUT2D eigenvalue weighted by Gasteiger charge is 2.17. The molecule has 0 saturated carbocycles. The van der Waals surface area contributed by atoms with Crippen molar-refractivity contribution in [2.75, 3.05) is 13.1 Å². The van der Waals surface area contributed by atoms with Gasteiger partial charge in [-0.15, -0.1) is 11.3 Å². The molecule has 4 heteroatoms. The summed E-state index contributed by atoms with van der Waals surface area (Å²) in [7, 11) is 0. The summed E-state index contributed by atoms with van der Waals surface area (Å²) in [5.74, 6) is 0.919. The van der Waals surface area contributed by atoms with Gasteiger partial charge in [0.1, 0.15) is 22.4 Å². The van der Waals surface area contributed by atoms with E-state index in [0.717, 1.165) is 47.8 Å². The number of para-hydroxylation sites is 1. The lowest BCUT2D eigenvalue weighted by atomic mass is 10.1. The Bertz CT molecular complexity index is 763. The number of fused-ring (bicyclic) bond motifs is 1. The number of aromatic nitrogens is 1. The maximum Gasteiger partial charge on any atom is 0.146 e. The molecular formula is C18H18N2OS. The van der Waals surface area contributed by atoms with Gasteiger partial charge in [0.2, 0.25) is 0 Å². The first kappa shape index (κ1) is 13.7. The second-order valence-electron chi connectivity index (χ2n) is 5.56. The number of piperidine rings is 1. The van der Waals surface area contributed by atoms with Gasteiger partial charge >= 0.3 is 0 Å². The summed E-state index contributed by atoms with van der Waals surface area (Å²) in [6.45, 7) is 2.07. The van der Waals surface area contributed by atoms with Crippen molar-refractivity contribution < 1.29 is 4.74 Å². The van der Waals surface area contributed by atoms with E-state index in [-0.39, 0.29) is 0 Å². The highest BCUT2D eigenvalue weighted by Crippen LogP contribution is 2.35. The van der Waals surface area contributed by atoms with Crippen LogP contribution in [0.2, 0.25) is 0 Å². The molecule has 2 aromatic carbocycles. The summed E-state index contributed by atoms with van der Waals surface area (Å²) in [6, 6.07) is 16.6. The molecule has 0 spiro atoms. The van der Waals surface area contributed by atoms with E-state index in [1.165, 1.54) is 4.70 Å². The predicted octanol–water partition coefficient (Wildman–Crippen LogP) is 4.09. The predicted molar refractivity (Wildman–Crippen MR) is 91.6 cm³/mol. The zero-order valence-electron chi connectivity index (χ0n) is 12.3. The minimum absolute atomic E-state index is 0.300. The van der Waals surface area contributed by atoms with Crippen molar-refractivity contribution in [2.45, 2.75) is 18.9 Å². The number of nitrogens with zero attached hydrogens (tertiary/aromatic N) is 1. The quantitative estimate of drug-likeness (QED) is 0.791. The Kier molecular flexibility index (Phi) is 3.79. The number of hydrogen-bond acceptors (Lipinski definition) is 4. The molecule has 4 rings (SSSR count). The molecule has 2 heterocycles. The van der Waals surface area contributed by atoms with E-state index < -0.39 is 0 Å². The van der Waals surface area contributed by atoms with Crippen LogP contribution in [0.4, 0.5) is 0 Å². The molecule has 1 aromatic heterocycles. The Morgan fingerprint density at radius 3 is 2.64 bits per heavy atom. The molecule has 1 saturated heterocycles. The Labute approximate surface area is 134 Å². The Morgan fingerprint density at radius 1 is 1.00 bits per heavy atom. The number of benzene rings is 2. The van der Waals surface area contributed by atoms with Crippen LogP contribution in [0.3, 0.4) is 0 Å². The standard InChI is InChI=1S/C18H18N2OS/c1-2-5-13(6-3-1)18-20-17-15(7-4-8-16(17)22-18)21-14-9-11-19-12-10-14/h1-8,14,19H,9-12H2. The van der Waals surface area contributed by atoms with E-state index in [1.807, 2.05) is 24.3 Å². The zero-order chi connectivity index (χ0) is 14.8. The van der Waals surface area contributed by atoms with Crippen molar-refractivity contribution in [2.24, 2.45) is 0 Å². The highest BCUT2D eigenvalue weighted by molar-refractivity contribution is 7.21. The molecule has 0 aliphatic carbocycles. The molecule has 0 bridgehead atoms. The van der Waals surface area contributed by atoms with Gasteiger partial charge in [-0.2, -0.15) is 0 Å². The van der Waals surface area contributed by atoms with Crippen LogP contribution < -0.4 is 10.1 Å². The highest BCUT2D eigenvalue weighted by atomic mass is 32.1. The van der Waals surface area contributed by atoms with Gasteiger partial charge in [-0.1, -0.05) is 36.4 Å². The second kappa shape index (κ2) is 6.07. The first-order valence-electron chi connectivity index (χ1n) is 7.72. The van der Waals surface area contributed by atoms with Crippen LogP contribution in [0.5, 0.6) is 5.75 Å². The van der Waals surface area contributed by atoms with Gasteiger partial charge in [-0.05, 0) is 38.1 Å². The van der Waals surface area contributed by atoms with Crippen LogP contribution in [-0.2, 0) is 0 Å². The fourth-order valence-electron chi connectivity index (χ4n) is 2.82. The van der Waals surface area contributed by atoms with E-state index in [1.54, 1.807) is 11.3 Å². The lowest BCUT2D eigenvalue weighted by molar-refractivity contribution is 0.164. The van der Waals surface area contributed by atoms with Gasteiger partial charge in [0.25, 0.3) is 0 Å². The lowest BCUT2D eigenvalue weighted by Gasteiger charge is -2.23. The van der Waals surface area contributed by atoms with Crippen molar-refractivity contribution in [3.05, 3.63) is 48.5 Å². The molecule has 1 N–H and O–H groups in total. The summed E-state index contributed by atoms with van der Waals surface area (Å²) in [5, 5.41) is 4.42. The number of ether oxygens (including phenoxy) is 1. The molecule has 1 aliphatic heterocycles. The van der Waals surface area contributed by atoms with E-state index in [9.17, 15) is 0 Å². The van der Waals surface area contributed by atoms with Crippen LogP contribution in [0.25, 0.3) is 20.8 Å². The molecule has 0 amide bonds. The fourth-order valence-corrected chi connectivity index (χ4v) is 3.80. The zero-order valence-corrected chi connectivity index (χ0v) is 13.1. The van der Waals surface area contributed by atoms with Gasteiger partial charge in [-0.25, -0.2) is 4.98 Å². The van der Waals surface area contributed by atoms with Crippen LogP contribution in [0, 0.1) is 0 Å². The molecule has 3 aromatic rings. The van der Waals surface area contributed by atoms with Gasteiger partial charge in [0.05, 0.1) is 4.70 Å². The molecule has 0 atom stereocenters. The molecule has 0 unspecified atom stereocenters. The van der Waals surface area contributed by atoms with E-state index in [4.69, 9.17) is 9.72 Å². The fraction of sp³-hybridized carbons (Fsp3) is 0.278. The number of hydrogen-bond donors (Lipinski definition) is 1. The van der Waals surface area contributed by atoms with Crippen molar-refractivity contribution in [1.82, 2.24) is 10.3 Å². The van der Waals surface area contributed by atoms with Gasteiger partial charge in [0.15, 0.2) is 0 Å². The van der Waals surface area contributed by atoms with Crippen molar-refractivity contribution in [1.29, 1.82) is 0 Å². The first-order chi connectivity index (χ1) is 10.9. The van der Waals surface area contributed by atoms with Crippen molar-refractivity contribution >= 4 is 21.6 Å². The Balaban J connectivity index is 1.69. The van der Waals surface area contributed by atoms with Crippen molar-refractivity contribution in [3.63, 3.8) is 0 Å². The summed E-state index contributed by atoms with van der Waals surface area (Å²) in [4.78, 5) is 4.83. The second-order valence-corrected chi connectivity index (χ2v) is 6.59. The average Bonchev–Trinajstić information content (AvgIpc) is 3.02. The summed E-state index contributed by atoms with van der Waals surface area (Å²) >= 11 is 1.72. The third-order valence-electron chi connectivity index (χ3n) is 3.98. The molecule has 22 heavy (non-hydrogen) atoms. The largest absolute Gasteiger partial charge is 0.488 e. The van der Waals surface area contributed by atoms with Gasteiger partial charge < -0.3 is 10.1 Å². The van der Waals surface area contributed by atoms with E-state index in [0.29, 0.717) is 6.10 Å². The van der Waals surface area contributed by atoms with Crippen molar-refractivity contribution in [3.8, 4) is 16.3 Å². The Hall–Kier alpha value is -1.91. The maximum atomic E-state index is 6.22. The third kappa shape index (κ3) is 2.72. The van der Waals surface area contributed by atoms with Gasteiger partial charge in [0, 0.05) is 5.56 Å². The molecular weight excluding hydrogens is 292 g/mol. The smallest absolute Gasteiger partial charge is 0.146 e. The molecule has 0 radical (unpaired) electrons. The topological polar surface area (TPSA) is 34.1 Å². The normalized spacial score (nSPS) is 16.0. The minimum atomic E-state index is 0.300.